The van der Waals surface area contributed by atoms with Crippen LogP contribution in [0.15, 0.2) is 40.4 Å². The summed E-state index contributed by atoms with van der Waals surface area (Å²) in [5.74, 6) is 0.00845. The van der Waals surface area contributed by atoms with Gasteiger partial charge in [-0.2, -0.15) is 0 Å². The molecule has 3 heterocycles. The van der Waals surface area contributed by atoms with E-state index in [4.69, 9.17) is 4.74 Å². The fraction of sp³-hybridized carbons (Fsp3) is 0.412. The fourth-order valence-electron chi connectivity index (χ4n) is 3.06. The molecule has 0 radical (unpaired) electrons. The van der Waals surface area contributed by atoms with E-state index in [0.29, 0.717) is 6.42 Å². The highest BCUT2D eigenvalue weighted by Crippen LogP contribution is 2.31. The summed E-state index contributed by atoms with van der Waals surface area (Å²) in [6.07, 6.45) is 0.386. The summed E-state index contributed by atoms with van der Waals surface area (Å²) in [5, 5.41) is 6.03. The average Bonchev–Trinajstić information content (AvgIpc) is 3.22. The highest BCUT2D eigenvalue weighted by atomic mass is 32.2. The third-order valence-electron chi connectivity index (χ3n) is 4.32. The molecule has 3 aliphatic rings. The van der Waals surface area contributed by atoms with Gasteiger partial charge < -0.3 is 19.9 Å². The van der Waals surface area contributed by atoms with Crippen LogP contribution in [0.1, 0.15) is 6.42 Å². The van der Waals surface area contributed by atoms with Crippen molar-refractivity contribution in [1.29, 1.82) is 0 Å². The minimum atomic E-state index is 0.00845. The van der Waals surface area contributed by atoms with E-state index in [1.807, 2.05) is 17.5 Å². The van der Waals surface area contributed by atoms with Crippen LogP contribution < -0.4 is 10.2 Å². The molecule has 126 valence electrons. The standard InChI is InChI=1S/C17H20N4O2S/c22-16(11-15-12-24-17-18-5-6-21(15)17)19-13-1-3-14(4-2-13)20-7-9-23-10-8-20/h1-4,12H,5-11H2,(H,19,22). The normalized spacial score (nSPS) is 19.8. The summed E-state index contributed by atoms with van der Waals surface area (Å²) >= 11 is 1.61. The molecular formula is C17H20N4O2S. The van der Waals surface area contributed by atoms with Gasteiger partial charge in [-0.1, -0.05) is 11.8 Å². The molecule has 1 aromatic rings. The maximum absolute atomic E-state index is 12.3. The second-order valence-electron chi connectivity index (χ2n) is 5.91. The number of hydrogen-bond acceptors (Lipinski definition) is 6. The summed E-state index contributed by atoms with van der Waals surface area (Å²) in [6, 6.07) is 8.03. The minimum absolute atomic E-state index is 0.00845. The van der Waals surface area contributed by atoms with Crippen molar-refractivity contribution in [3.8, 4) is 0 Å². The van der Waals surface area contributed by atoms with E-state index in [2.05, 4.69) is 32.2 Å². The average molecular weight is 344 g/mol. The molecule has 0 aromatic heterocycles. The van der Waals surface area contributed by atoms with Gasteiger partial charge in [0.2, 0.25) is 5.91 Å². The number of morpholine rings is 1. The molecule has 1 N–H and O–H groups in total. The summed E-state index contributed by atoms with van der Waals surface area (Å²) < 4.78 is 5.37. The van der Waals surface area contributed by atoms with Crippen molar-refractivity contribution in [2.75, 3.05) is 49.6 Å². The van der Waals surface area contributed by atoms with Crippen LogP contribution in [0.3, 0.4) is 0 Å². The van der Waals surface area contributed by atoms with Gasteiger partial charge in [-0.15, -0.1) is 0 Å². The number of carbonyl (C=O) groups excluding carboxylic acids is 1. The molecule has 0 bridgehead atoms. The van der Waals surface area contributed by atoms with Crippen LogP contribution in [0.4, 0.5) is 11.4 Å². The van der Waals surface area contributed by atoms with Gasteiger partial charge in [0.1, 0.15) is 0 Å². The Morgan fingerprint density at radius 1 is 1.21 bits per heavy atom. The number of rotatable bonds is 4. The number of nitrogens with one attached hydrogen (secondary N) is 1. The topological polar surface area (TPSA) is 57.2 Å². The highest BCUT2D eigenvalue weighted by Gasteiger charge is 2.27. The molecule has 0 aliphatic carbocycles. The van der Waals surface area contributed by atoms with E-state index in [-0.39, 0.29) is 5.91 Å². The lowest BCUT2D eigenvalue weighted by molar-refractivity contribution is -0.115. The largest absolute Gasteiger partial charge is 0.378 e. The summed E-state index contributed by atoms with van der Waals surface area (Å²) in [6.45, 7) is 5.08. The predicted molar refractivity (Wildman–Crippen MR) is 97.4 cm³/mol. The van der Waals surface area contributed by atoms with Gasteiger partial charge in [0.15, 0.2) is 5.17 Å². The molecule has 0 spiro atoms. The molecule has 24 heavy (non-hydrogen) atoms. The first-order valence-corrected chi connectivity index (χ1v) is 9.08. The maximum Gasteiger partial charge on any atom is 0.230 e. The number of benzene rings is 1. The molecule has 1 saturated heterocycles. The van der Waals surface area contributed by atoms with Gasteiger partial charge in [-0.05, 0) is 29.7 Å². The molecule has 6 nitrogen and oxygen atoms in total. The molecular weight excluding hydrogens is 324 g/mol. The molecule has 3 aliphatic heterocycles. The number of hydrogen-bond donors (Lipinski definition) is 1. The zero-order valence-electron chi connectivity index (χ0n) is 13.4. The second kappa shape index (κ2) is 6.86. The van der Waals surface area contributed by atoms with Crippen molar-refractivity contribution in [1.82, 2.24) is 4.90 Å². The van der Waals surface area contributed by atoms with Crippen molar-refractivity contribution in [2.24, 2.45) is 4.99 Å². The number of fused-ring (bicyclic) bond motifs is 1. The van der Waals surface area contributed by atoms with E-state index >= 15 is 0 Å². The van der Waals surface area contributed by atoms with E-state index in [9.17, 15) is 4.79 Å². The monoisotopic (exact) mass is 344 g/mol. The van der Waals surface area contributed by atoms with Gasteiger partial charge in [0, 0.05) is 36.7 Å². The zero-order valence-corrected chi connectivity index (χ0v) is 14.2. The van der Waals surface area contributed by atoms with Crippen molar-refractivity contribution < 1.29 is 9.53 Å². The Bertz CT molecular complexity index is 680. The van der Waals surface area contributed by atoms with Crippen LogP contribution in [0.25, 0.3) is 0 Å². The van der Waals surface area contributed by atoms with Crippen LogP contribution in [0.5, 0.6) is 0 Å². The predicted octanol–water partition coefficient (Wildman–Crippen LogP) is 2.11. The van der Waals surface area contributed by atoms with E-state index in [1.165, 1.54) is 5.69 Å². The Kier molecular flexibility index (Phi) is 4.44. The number of amides is 1. The van der Waals surface area contributed by atoms with E-state index in [1.54, 1.807) is 11.8 Å². The molecule has 0 atom stereocenters. The SMILES string of the molecule is O=C(CC1=CSC2=NCCN12)Nc1ccc(N2CCOCC2)cc1. The number of aliphatic imine (C=N–C) groups is 1. The van der Waals surface area contributed by atoms with Crippen LogP contribution in [0, 0.1) is 0 Å². The van der Waals surface area contributed by atoms with Gasteiger partial charge in [-0.3, -0.25) is 9.79 Å². The lowest BCUT2D eigenvalue weighted by Crippen LogP contribution is -2.36. The molecule has 0 unspecified atom stereocenters. The van der Waals surface area contributed by atoms with Crippen LogP contribution >= 0.6 is 11.8 Å². The lowest BCUT2D eigenvalue weighted by atomic mass is 10.2. The van der Waals surface area contributed by atoms with Crippen molar-refractivity contribution in [3.63, 3.8) is 0 Å². The van der Waals surface area contributed by atoms with Crippen molar-refractivity contribution in [3.05, 3.63) is 35.4 Å². The first kappa shape index (κ1) is 15.5. The summed E-state index contributed by atoms with van der Waals surface area (Å²) in [4.78, 5) is 21.1. The Morgan fingerprint density at radius 3 is 2.79 bits per heavy atom. The van der Waals surface area contributed by atoms with Crippen LogP contribution in [-0.2, 0) is 9.53 Å². The first-order chi connectivity index (χ1) is 11.8. The number of ether oxygens (including phenoxy) is 1. The smallest absolute Gasteiger partial charge is 0.230 e. The molecule has 1 aromatic carbocycles. The fourth-order valence-corrected chi connectivity index (χ4v) is 4.02. The maximum atomic E-state index is 12.3. The highest BCUT2D eigenvalue weighted by molar-refractivity contribution is 8.16. The Balaban J connectivity index is 1.33. The zero-order chi connectivity index (χ0) is 16.4. The van der Waals surface area contributed by atoms with Gasteiger partial charge >= 0.3 is 0 Å². The minimum Gasteiger partial charge on any atom is -0.378 e. The number of amidine groups is 1. The first-order valence-electron chi connectivity index (χ1n) is 8.20. The van der Waals surface area contributed by atoms with E-state index < -0.39 is 0 Å². The van der Waals surface area contributed by atoms with Gasteiger partial charge in [0.25, 0.3) is 0 Å². The van der Waals surface area contributed by atoms with Gasteiger partial charge in [-0.25, -0.2) is 0 Å². The number of nitrogens with zero attached hydrogens (tertiary/aromatic N) is 3. The Morgan fingerprint density at radius 2 is 2.00 bits per heavy atom. The van der Waals surface area contributed by atoms with Crippen LogP contribution in [-0.4, -0.2) is 55.4 Å². The summed E-state index contributed by atoms with van der Waals surface area (Å²) in [5.41, 5.74) is 3.04. The number of thioether (sulfide) groups is 1. The molecule has 4 rings (SSSR count). The van der Waals surface area contributed by atoms with Crippen molar-refractivity contribution >= 4 is 34.2 Å². The third-order valence-corrected chi connectivity index (χ3v) is 5.27. The summed E-state index contributed by atoms with van der Waals surface area (Å²) in [7, 11) is 0. The van der Waals surface area contributed by atoms with E-state index in [0.717, 1.165) is 55.9 Å². The van der Waals surface area contributed by atoms with Crippen LogP contribution in [0.2, 0.25) is 0 Å². The molecule has 0 saturated carbocycles. The second-order valence-corrected chi connectivity index (χ2v) is 6.75. The number of carbonyl (C=O) groups is 1. The third kappa shape index (κ3) is 3.27. The molecule has 7 heteroatoms. The molecule has 1 amide bonds. The molecule has 1 fully saturated rings. The van der Waals surface area contributed by atoms with Crippen molar-refractivity contribution in [2.45, 2.75) is 6.42 Å². The Labute approximate surface area is 145 Å². The quantitative estimate of drug-likeness (QED) is 0.907. The Hall–Kier alpha value is -1.99. The number of anilines is 2. The van der Waals surface area contributed by atoms with Gasteiger partial charge in [0.05, 0.1) is 26.2 Å². The lowest BCUT2D eigenvalue weighted by Gasteiger charge is -2.28.